The fourth-order valence-corrected chi connectivity index (χ4v) is 5.78. The van der Waals surface area contributed by atoms with E-state index in [0.717, 1.165) is 11.1 Å². The van der Waals surface area contributed by atoms with Gasteiger partial charge < -0.3 is 19.1 Å². The highest BCUT2D eigenvalue weighted by Gasteiger charge is 2.59. The minimum absolute atomic E-state index is 0.0589. The molecule has 9 heteroatoms. The molecular formula is C28H27F2NO5S. The first kappa shape index (κ1) is 25.5. The molecule has 1 unspecified atom stereocenters. The average molecular weight is 528 g/mol. The lowest BCUT2D eigenvalue weighted by molar-refractivity contribution is -0.139. The third-order valence-electron chi connectivity index (χ3n) is 7.13. The number of carbonyl (C=O) groups is 1. The van der Waals surface area contributed by atoms with E-state index >= 15 is 4.39 Å². The van der Waals surface area contributed by atoms with Crippen LogP contribution < -0.4 is 9.47 Å². The van der Waals surface area contributed by atoms with Gasteiger partial charge in [0.05, 0.1) is 24.3 Å². The number of aliphatic carboxylic acids is 1. The van der Waals surface area contributed by atoms with Gasteiger partial charge in [-0.1, -0.05) is 17.2 Å². The number of hydrogen-bond donors (Lipinski definition) is 1. The zero-order valence-electron chi connectivity index (χ0n) is 20.5. The van der Waals surface area contributed by atoms with Crippen LogP contribution in [-0.4, -0.2) is 39.2 Å². The third-order valence-corrected chi connectivity index (χ3v) is 7.99. The molecule has 0 saturated heterocycles. The topological polar surface area (TPSA) is 91.7 Å². The number of carboxylic acids is 1. The van der Waals surface area contributed by atoms with Crippen LogP contribution in [0, 0.1) is 30.4 Å². The number of hydrogen-bond acceptors (Lipinski definition) is 5. The van der Waals surface area contributed by atoms with E-state index in [2.05, 4.69) is 4.98 Å². The summed E-state index contributed by atoms with van der Waals surface area (Å²) in [6.07, 6.45) is 2.95. The molecular weight excluding hydrogens is 500 g/mol. The molecule has 2 aliphatic rings. The lowest BCUT2D eigenvalue weighted by Crippen LogP contribution is -2.09. The Morgan fingerprint density at radius 3 is 2.68 bits per heavy atom. The maximum atomic E-state index is 15.5. The van der Waals surface area contributed by atoms with Gasteiger partial charge in [0, 0.05) is 35.2 Å². The van der Waals surface area contributed by atoms with Crippen LogP contribution in [0.25, 0.3) is 11.1 Å². The molecule has 3 aromatic rings. The second-order valence-electron chi connectivity index (χ2n) is 9.56. The molecule has 0 aliphatic heterocycles. The van der Waals surface area contributed by atoms with Crippen LogP contribution in [0.3, 0.4) is 0 Å². The molecule has 2 aliphatic carbocycles. The van der Waals surface area contributed by atoms with E-state index in [1.807, 2.05) is 12.1 Å². The van der Waals surface area contributed by atoms with Crippen molar-refractivity contribution in [2.45, 2.75) is 32.3 Å². The Balaban J connectivity index is 1.28. The maximum absolute atomic E-state index is 15.5. The van der Waals surface area contributed by atoms with Crippen LogP contribution in [0.5, 0.6) is 11.6 Å². The van der Waals surface area contributed by atoms with Crippen LogP contribution in [-0.2, 0) is 29.0 Å². The second kappa shape index (κ2) is 10.3. The first-order chi connectivity index (χ1) is 17.7. The van der Waals surface area contributed by atoms with Gasteiger partial charge in [-0.2, -0.15) is 0 Å². The Hall–Kier alpha value is -3.17. The Kier molecular flexibility index (Phi) is 7.09. The number of nitrogens with zero attached hydrogens (tertiary/aromatic N) is 1. The zero-order chi connectivity index (χ0) is 26.3. The molecule has 6 nitrogen and oxygen atoms in total. The summed E-state index contributed by atoms with van der Waals surface area (Å²) in [6.45, 7) is 1.82. The molecule has 4 atom stereocenters. The third kappa shape index (κ3) is 5.15. The van der Waals surface area contributed by atoms with Crippen molar-refractivity contribution in [2.24, 2.45) is 11.8 Å². The van der Waals surface area contributed by atoms with Crippen molar-refractivity contribution in [1.82, 2.24) is 4.98 Å². The lowest BCUT2D eigenvalue weighted by atomic mass is 10.0. The van der Waals surface area contributed by atoms with Gasteiger partial charge >= 0.3 is 5.97 Å². The first-order valence-corrected chi connectivity index (χ1v) is 13.8. The number of fused-ring (bicyclic) bond motifs is 3. The average Bonchev–Trinajstić information content (AvgIpc) is 3.45. The van der Waals surface area contributed by atoms with Crippen molar-refractivity contribution in [3.8, 4) is 22.8 Å². The van der Waals surface area contributed by atoms with Crippen molar-refractivity contribution in [3.05, 3.63) is 76.5 Å². The number of aryl methyl sites for hydroxylation is 1. The molecule has 1 saturated carbocycles. The van der Waals surface area contributed by atoms with Crippen LogP contribution >= 0.6 is 0 Å². The highest BCUT2D eigenvalue weighted by molar-refractivity contribution is 7.90. The molecule has 0 radical (unpaired) electrons. The van der Waals surface area contributed by atoms with E-state index in [-0.39, 0.29) is 35.5 Å². The summed E-state index contributed by atoms with van der Waals surface area (Å²) in [7, 11) is 0. The van der Waals surface area contributed by atoms with Gasteiger partial charge in [0.25, 0.3) is 0 Å². The standard InChI is InChI=1S/C28H27F2NO5S/c1-15-18(7-9-24(31-15)35-10-3-11-37(2)34)20-6-8-23(29)22(27(20)30)14-36-17-4-5-19-16(12-17)13-21-25(19)26(21)28(32)33/h4-9,12,21,25-26H,3,10-11,13-14H2,1-2H3,(H,32,33)/t21-,25+,26+,37?/m1/s1. The molecule has 0 amide bonds. The van der Waals surface area contributed by atoms with Crippen molar-refractivity contribution in [2.75, 3.05) is 18.6 Å². The normalized spacial score (nSPS) is 20.2. The van der Waals surface area contributed by atoms with Crippen molar-refractivity contribution in [3.63, 3.8) is 0 Å². The summed E-state index contributed by atoms with van der Waals surface area (Å²) in [6, 6.07) is 11.3. The van der Waals surface area contributed by atoms with E-state index in [4.69, 9.17) is 9.47 Å². The van der Waals surface area contributed by atoms with E-state index in [0.29, 0.717) is 48.1 Å². The van der Waals surface area contributed by atoms with Gasteiger partial charge in [-0.25, -0.2) is 13.8 Å². The molecule has 194 valence electrons. The molecule has 1 aromatic heterocycles. The number of benzene rings is 2. The maximum Gasteiger partial charge on any atom is 0.307 e. The molecule has 1 fully saturated rings. The summed E-state index contributed by atoms with van der Waals surface area (Å²) in [5, 5.41) is 9.28. The van der Waals surface area contributed by atoms with Crippen molar-refractivity contribution in [1.29, 1.82) is 0 Å². The van der Waals surface area contributed by atoms with Gasteiger partial charge in [0.1, 0.15) is 29.7 Å². The van der Waals surface area contributed by atoms with Crippen molar-refractivity contribution < 1.29 is 32.7 Å². The number of rotatable bonds is 10. The molecule has 0 spiro atoms. The lowest BCUT2D eigenvalue weighted by Gasteiger charge is -2.14. The van der Waals surface area contributed by atoms with Crippen LogP contribution in [0.1, 0.15) is 34.7 Å². The van der Waals surface area contributed by atoms with Gasteiger partial charge in [0.2, 0.25) is 5.88 Å². The van der Waals surface area contributed by atoms with E-state index in [1.165, 1.54) is 12.1 Å². The second-order valence-corrected chi connectivity index (χ2v) is 11.1. The summed E-state index contributed by atoms with van der Waals surface area (Å²) >= 11 is -0.883. The minimum atomic E-state index is -0.883. The first-order valence-electron chi connectivity index (χ1n) is 12.1. The van der Waals surface area contributed by atoms with Crippen molar-refractivity contribution >= 4 is 17.1 Å². The molecule has 37 heavy (non-hydrogen) atoms. The van der Waals surface area contributed by atoms with E-state index in [9.17, 15) is 18.8 Å². The predicted octanol–water partition coefficient (Wildman–Crippen LogP) is 5.03. The summed E-state index contributed by atoms with van der Waals surface area (Å²) in [4.78, 5) is 15.7. The molecule has 5 rings (SSSR count). The number of pyridine rings is 1. The predicted molar refractivity (Wildman–Crippen MR) is 135 cm³/mol. The Morgan fingerprint density at radius 2 is 1.95 bits per heavy atom. The summed E-state index contributed by atoms with van der Waals surface area (Å²) in [5.41, 5.74) is 3.15. The summed E-state index contributed by atoms with van der Waals surface area (Å²) < 4.78 is 52.6. The largest absolute Gasteiger partial charge is 0.617 e. The van der Waals surface area contributed by atoms with Crippen LogP contribution in [0.2, 0.25) is 0 Å². The Morgan fingerprint density at radius 1 is 1.16 bits per heavy atom. The fourth-order valence-electron chi connectivity index (χ4n) is 5.25. The van der Waals surface area contributed by atoms with Gasteiger partial charge in [-0.3, -0.25) is 4.79 Å². The molecule has 1 N–H and O–H groups in total. The van der Waals surface area contributed by atoms with Gasteiger partial charge in [-0.15, -0.1) is 0 Å². The monoisotopic (exact) mass is 527 g/mol. The zero-order valence-corrected chi connectivity index (χ0v) is 21.3. The van der Waals surface area contributed by atoms with E-state index < -0.39 is 28.8 Å². The Bertz CT molecular complexity index is 1350. The molecule has 1 heterocycles. The highest BCUT2D eigenvalue weighted by atomic mass is 32.2. The van der Waals surface area contributed by atoms with Crippen LogP contribution in [0.4, 0.5) is 8.78 Å². The van der Waals surface area contributed by atoms with Gasteiger partial charge in [0.15, 0.2) is 0 Å². The molecule has 0 bridgehead atoms. The molecule has 2 aromatic carbocycles. The quantitative estimate of drug-likeness (QED) is 0.294. The summed E-state index contributed by atoms with van der Waals surface area (Å²) in [5.74, 6) is -0.876. The minimum Gasteiger partial charge on any atom is -0.617 e. The fraction of sp³-hybridized carbons (Fsp3) is 0.357. The number of halogens is 2. The number of ether oxygens (including phenoxy) is 2. The van der Waals surface area contributed by atoms with Crippen LogP contribution in [0.15, 0.2) is 42.5 Å². The smallest absolute Gasteiger partial charge is 0.307 e. The van der Waals surface area contributed by atoms with Gasteiger partial charge in [-0.05, 0) is 60.7 Å². The van der Waals surface area contributed by atoms with E-state index in [1.54, 1.807) is 31.4 Å². The number of carboxylic acid groups (broad SMARTS) is 1. The Labute approximate surface area is 216 Å². The number of aromatic nitrogens is 1. The highest BCUT2D eigenvalue weighted by Crippen LogP contribution is 2.61. The SMILES string of the molecule is Cc1nc(OCCC[S+](C)[O-])ccc1-c1ccc(F)c(COc2ccc3c(c2)C[C@H]2[C@H](C(=O)O)[C@@H]32)c1F.